The monoisotopic (exact) mass is 207 g/mol. The van der Waals surface area contributed by atoms with Crippen molar-refractivity contribution in [3.05, 3.63) is 18.2 Å². The summed E-state index contributed by atoms with van der Waals surface area (Å²) in [6, 6.07) is 5.52. The van der Waals surface area contributed by atoms with Crippen molar-refractivity contribution in [2.45, 2.75) is 13.8 Å². The van der Waals surface area contributed by atoms with Crippen LogP contribution in [0.15, 0.2) is 22.6 Å². The zero-order chi connectivity index (χ0) is 10.7. The fourth-order valence-corrected chi connectivity index (χ4v) is 1.33. The highest BCUT2D eigenvalue weighted by molar-refractivity contribution is 5.74. The van der Waals surface area contributed by atoms with Gasteiger partial charge in [-0.1, -0.05) is 0 Å². The molecule has 1 heterocycles. The Bertz CT molecular complexity index is 446. The summed E-state index contributed by atoms with van der Waals surface area (Å²) in [5, 5.41) is 0. The molecule has 0 N–H and O–H groups in total. The van der Waals surface area contributed by atoms with E-state index in [4.69, 9.17) is 13.9 Å². The van der Waals surface area contributed by atoms with E-state index in [1.807, 2.05) is 32.0 Å². The van der Waals surface area contributed by atoms with Crippen LogP contribution in [0.4, 0.5) is 0 Å². The first-order chi connectivity index (χ1) is 7.33. The van der Waals surface area contributed by atoms with Gasteiger partial charge in [-0.25, -0.2) is 0 Å². The Morgan fingerprint density at radius 3 is 2.73 bits per heavy atom. The maximum Gasteiger partial charge on any atom is 0.394 e. The van der Waals surface area contributed by atoms with Crippen molar-refractivity contribution in [3.8, 4) is 11.8 Å². The van der Waals surface area contributed by atoms with E-state index >= 15 is 0 Å². The molecule has 0 fully saturated rings. The standard InChI is InChI=1S/C11H13NO3/c1-3-13-8-5-6-10-9(7-8)12-11(15-10)14-4-2/h5-7H,3-4H2,1-2H3. The number of hydrogen-bond donors (Lipinski definition) is 0. The maximum absolute atomic E-state index is 5.36. The first-order valence-corrected chi connectivity index (χ1v) is 4.99. The Morgan fingerprint density at radius 2 is 2.00 bits per heavy atom. The number of oxazole rings is 1. The lowest BCUT2D eigenvalue weighted by Gasteiger charge is -2.00. The van der Waals surface area contributed by atoms with Gasteiger partial charge in [-0.15, -0.1) is 0 Å². The fraction of sp³-hybridized carbons (Fsp3) is 0.364. The van der Waals surface area contributed by atoms with E-state index in [0.29, 0.717) is 24.9 Å². The summed E-state index contributed by atoms with van der Waals surface area (Å²) in [6.07, 6.45) is 0.307. The van der Waals surface area contributed by atoms with Crippen LogP contribution in [0.2, 0.25) is 0 Å². The largest absolute Gasteiger partial charge is 0.494 e. The van der Waals surface area contributed by atoms with Crippen molar-refractivity contribution in [1.29, 1.82) is 0 Å². The maximum atomic E-state index is 5.36. The van der Waals surface area contributed by atoms with Crippen LogP contribution in [-0.2, 0) is 0 Å². The minimum Gasteiger partial charge on any atom is -0.494 e. The number of rotatable bonds is 4. The number of ether oxygens (including phenoxy) is 2. The lowest BCUT2D eigenvalue weighted by Crippen LogP contribution is -1.91. The highest BCUT2D eigenvalue weighted by atomic mass is 16.6. The molecule has 0 radical (unpaired) electrons. The Morgan fingerprint density at radius 1 is 1.20 bits per heavy atom. The van der Waals surface area contributed by atoms with Gasteiger partial charge in [0.2, 0.25) is 0 Å². The van der Waals surface area contributed by atoms with E-state index in [1.165, 1.54) is 0 Å². The highest BCUT2D eigenvalue weighted by Gasteiger charge is 2.06. The summed E-state index contributed by atoms with van der Waals surface area (Å²) in [5.41, 5.74) is 1.46. The van der Waals surface area contributed by atoms with Gasteiger partial charge in [0, 0.05) is 6.07 Å². The second kappa shape index (κ2) is 4.21. The molecule has 0 amide bonds. The van der Waals surface area contributed by atoms with E-state index in [2.05, 4.69) is 4.98 Å². The Kier molecular flexibility index (Phi) is 2.76. The third kappa shape index (κ3) is 2.03. The van der Waals surface area contributed by atoms with Crippen LogP contribution in [0.25, 0.3) is 11.1 Å². The van der Waals surface area contributed by atoms with Crippen LogP contribution >= 0.6 is 0 Å². The number of aromatic nitrogens is 1. The summed E-state index contributed by atoms with van der Waals surface area (Å²) in [4.78, 5) is 4.18. The molecule has 1 aromatic heterocycles. The summed E-state index contributed by atoms with van der Waals surface area (Å²) in [5.74, 6) is 0.793. The molecule has 0 unspecified atom stereocenters. The van der Waals surface area contributed by atoms with Crippen LogP contribution in [0.1, 0.15) is 13.8 Å². The molecule has 0 saturated carbocycles. The molecule has 4 nitrogen and oxygen atoms in total. The van der Waals surface area contributed by atoms with Gasteiger partial charge in [-0.05, 0) is 26.0 Å². The van der Waals surface area contributed by atoms with E-state index in [-0.39, 0.29) is 0 Å². The smallest absolute Gasteiger partial charge is 0.394 e. The summed E-state index contributed by atoms with van der Waals surface area (Å²) >= 11 is 0. The second-order valence-corrected chi connectivity index (χ2v) is 2.98. The fourth-order valence-electron chi connectivity index (χ4n) is 1.33. The zero-order valence-corrected chi connectivity index (χ0v) is 8.82. The van der Waals surface area contributed by atoms with Gasteiger partial charge in [-0.2, -0.15) is 4.98 Å². The van der Waals surface area contributed by atoms with Crippen molar-refractivity contribution in [2.24, 2.45) is 0 Å². The molecule has 0 aliphatic heterocycles. The molecule has 1 aromatic carbocycles. The third-order valence-corrected chi connectivity index (χ3v) is 1.92. The van der Waals surface area contributed by atoms with Crippen LogP contribution in [0, 0.1) is 0 Å². The Labute approximate surface area is 87.8 Å². The molecule has 0 bridgehead atoms. The van der Waals surface area contributed by atoms with Crippen LogP contribution in [0.3, 0.4) is 0 Å². The molecule has 2 rings (SSSR count). The van der Waals surface area contributed by atoms with Gasteiger partial charge >= 0.3 is 6.08 Å². The van der Waals surface area contributed by atoms with Crippen molar-refractivity contribution >= 4 is 11.1 Å². The van der Waals surface area contributed by atoms with Crippen molar-refractivity contribution in [3.63, 3.8) is 0 Å². The normalized spacial score (nSPS) is 10.5. The lowest BCUT2D eigenvalue weighted by molar-refractivity contribution is 0.251. The average Bonchev–Trinajstić information content (AvgIpc) is 2.60. The van der Waals surface area contributed by atoms with Crippen molar-refractivity contribution in [2.75, 3.05) is 13.2 Å². The molecule has 0 saturated heterocycles. The number of nitrogens with zero attached hydrogens (tertiary/aromatic N) is 1. The predicted molar refractivity (Wildman–Crippen MR) is 56.3 cm³/mol. The molecule has 0 aliphatic carbocycles. The van der Waals surface area contributed by atoms with Gasteiger partial charge in [0.1, 0.15) is 11.3 Å². The van der Waals surface area contributed by atoms with E-state index < -0.39 is 0 Å². The first kappa shape index (κ1) is 9.83. The van der Waals surface area contributed by atoms with Gasteiger partial charge < -0.3 is 13.9 Å². The topological polar surface area (TPSA) is 44.5 Å². The van der Waals surface area contributed by atoms with Crippen molar-refractivity contribution in [1.82, 2.24) is 4.98 Å². The minimum atomic E-state index is 0.307. The Hall–Kier alpha value is -1.71. The molecule has 0 spiro atoms. The number of hydrogen-bond acceptors (Lipinski definition) is 4. The van der Waals surface area contributed by atoms with E-state index in [0.717, 1.165) is 11.3 Å². The van der Waals surface area contributed by atoms with Gasteiger partial charge in [0.15, 0.2) is 5.58 Å². The quantitative estimate of drug-likeness (QED) is 0.773. The number of benzene rings is 1. The van der Waals surface area contributed by atoms with Gasteiger partial charge in [0.05, 0.1) is 13.2 Å². The van der Waals surface area contributed by atoms with Gasteiger partial charge in [0.25, 0.3) is 0 Å². The molecular formula is C11H13NO3. The van der Waals surface area contributed by atoms with E-state index in [9.17, 15) is 0 Å². The molecule has 80 valence electrons. The molecule has 2 aromatic rings. The summed E-state index contributed by atoms with van der Waals surface area (Å²) in [6.45, 7) is 5.02. The highest BCUT2D eigenvalue weighted by Crippen LogP contribution is 2.24. The molecule has 0 atom stereocenters. The summed E-state index contributed by atoms with van der Waals surface area (Å²) in [7, 11) is 0. The minimum absolute atomic E-state index is 0.307. The van der Waals surface area contributed by atoms with Crippen LogP contribution < -0.4 is 9.47 Å². The van der Waals surface area contributed by atoms with Crippen molar-refractivity contribution < 1.29 is 13.9 Å². The Balaban J connectivity index is 2.34. The molecule has 0 aliphatic rings. The zero-order valence-electron chi connectivity index (χ0n) is 8.82. The molecule has 15 heavy (non-hydrogen) atoms. The SMILES string of the molecule is CCOc1ccc2oc(OCC)nc2c1. The van der Waals surface area contributed by atoms with Crippen LogP contribution in [-0.4, -0.2) is 18.2 Å². The van der Waals surface area contributed by atoms with Crippen LogP contribution in [0.5, 0.6) is 11.8 Å². The molecule has 4 heteroatoms. The summed E-state index contributed by atoms with van der Waals surface area (Å²) < 4.78 is 15.9. The number of fused-ring (bicyclic) bond motifs is 1. The molecular weight excluding hydrogens is 194 g/mol. The first-order valence-electron chi connectivity index (χ1n) is 4.99. The predicted octanol–water partition coefficient (Wildman–Crippen LogP) is 2.63. The van der Waals surface area contributed by atoms with E-state index in [1.54, 1.807) is 0 Å². The lowest BCUT2D eigenvalue weighted by atomic mass is 10.3. The van der Waals surface area contributed by atoms with Gasteiger partial charge in [-0.3, -0.25) is 0 Å². The third-order valence-electron chi connectivity index (χ3n) is 1.92. The average molecular weight is 207 g/mol. The second-order valence-electron chi connectivity index (χ2n) is 2.98.